The predicted octanol–water partition coefficient (Wildman–Crippen LogP) is 4.63. The van der Waals surface area contributed by atoms with Gasteiger partial charge < -0.3 is 4.57 Å². The lowest BCUT2D eigenvalue weighted by molar-refractivity contribution is 0.549. The third-order valence-electron chi connectivity index (χ3n) is 5.01. The Labute approximate surface area is 164 Å². The molecule has 7 heteroatoms. The van der Waals surface area contributed by atoms with Crippen LogP contribution in [0.15, 0.2) is 47.4 Å². The van der Waals surface area contributed by atoms with E-state index in [2.05, 4.69) is 27.5 Å². The van der Waals surface area contributed by atoms with Crippen LogP contribution in [0.3, 0.4) is 0 Å². The third-order valence-corrected chi connectivity index (χ3v) is 6.82. The average Bonchev–Trinajstić information content (AvgIpc) is 3.41. The number of hydrogen-bond donors (Lipinski definition) is 1. The number of aryl methyl sites for hydroxylation is 1. The summed E-state index contributed by atoms with van der Waals surface area (Å²) in [4.78, 5) is 4.95. The van der Waals surface area contributed by atoms with Crippen LogP contribution < -0.4 is 4.72 Å². The van der Waals surface area contributed by atoms with Crippen molar-refractivity contribution in [2.75, 3.05) is 0 Å². The number of rotatable bonds is 6. The van der Waals surface area contributed by atoms with Crippen molar-refractivity contribution in [2.45, 2.75) is 50.1 Å². The molecule has 0 amide bonds. The van der Waals surface area contributed by atoms with Crippen LogP contribution in [-0.4, -0.2) is 18.0 Å². The first-order chi connectivity index (χ1) is 12.9. The Bertz CT molecular complexity index is 1090. The number of fused-ring (bicyclic) bond motifs is 1. The van der Waals surface area contributed by atoms with E-state index in [0.717, 1.165) is 23.4 Å². The van der Waals surface area contributed by atoms with Gasteiger partial charge in [-0.3, -0.25) is 0 Å². The summed E-state index contributed by atoms with van der Waals surface area (Å²) in [6.45, 7) is 4.59. The van der Waals surface area contributed by atoms with Gasteiger partial charge in [-0.15, -0.1) is 0 Å². The minimum Gasteiger partial charge on any atom is -0.327 e. The maximum atomic E-state index is 12.7. The van der Waals surface area contributed by atoms with Crippen LogP contribution in [0, 0.1) is 0 Å². The van der Waals surface area contributed by atoms with Crippen LogP contribution in [0.25, 0.3) is 11.0 Å². The van der Waals surface area contributed by atoms with Gasteiger partial charge in [-0.1, -0.05) is 17.7 Å². The van der Waals surface area contributed by atoms with Crippen LogP contribution in [0.4, 0.5) is 0 Å². The molecule has 1 heterocycles. The van der Waals surface area contributed by atoms with E-state index in [1.165, 1.54) is 30.5 Å². The highest BCUT2D eigenvalue weighted by Crippen LogP contribution is 2.41. The standard InChI is InChI=1S/C20H22ClN3O2S/c1-3-24-19-11-6-15(14-4-5-14)12-18(19)22-20(24)13(2)23-27(25,26)17-9-7-16(21)8-10-17/h6-14,23H,3-5H2,1-2H3/t13-/m1/s1. The average molecular weight is 404 g/mol. The Kier molecular flexibility index (Phi) is 4.74. The molecule has 0 spiro atoms. The summed E-state index contributed by atoms with van der Waals surface area (Å²) >= 11 is 5.86. The van der Waals surface area contributed by atoms with Crippen molar-refractivity contribution in [3.8, 4) is 0 Å². The molecule has 1 fully saturated rings. The molecule has 0 saturated heterocycles. The highest BCUT2D eigenvalue weighted by Gasteiger charge is 2.26. The van der Waals surface area contributed by atoms with E-state index >= 15 is 0 Å². The van der Waals surface area contributed by atoms with Crippen molar-refractivity contribution in [1.29, 1.82) is 0 Å². The molecule has 4 rings (SSSR count). The van der Waals surface area contributed by atoms with Gasteiger partial charge in [-0.25, -0.2) is 18.1 Å². The molecule has 1 atom stereocenters. The van der Waals surface area contributed by atoms with E-state index < -0.39 is 16.1 Å². The zero-order chi connectivity index (χ0) is 19.2. The molecule has 0 bridgehead atoms. The van der Waals surface area contributed by atoms with Crippen LogP contribution in [0.2, 0.25) is 5.02 Å². The monoisotopic (exact) mass is 403 g/mol. The number of nitrogens with zero attached hydrogens (tertiary/aromatic N) is 2. The number of sulfonamides is 1. The Hall–Kier alpha value is -1.89. The van der Waals surface area contributed by atoms with Gasteiger partial charge in [-0.05, 0) is 74.6 Å². The fraction of sp³-hybridized carbons (Fsp3) is 0.350. The first kappa shape index (κ1) is 18.5. The maximum Gasteiger partial charge on any atom is 0.241 e. The molecule has 0 aliphatic heterocycles. The number of benzene rings is 2. The molecule has 1 aliphatic carbocycles. The Morgan fingerprint density at radius 3 is 2.56 bits per heavy atom. The van der Waals surface area contributed by atoms with Gasteiger partial charge in [0.05, 0.1) is 22.0 Å². The summed E-state index contributed by atoms with van der Waals surface area (Å²) in [7, 11) is -3.66. The van der Waals surface area contributed by atoms with Crippen molar-refractivity contribution >= 4 is 32.7 Å². The number of halogens is 1. The molecule has 2 aromatic carbocycles. The van der Waals surface area contributed by atoms with Crippen molar-refractivity contribution in [3.63, 3.8) is 0 Å². The SMILES string of the molecule is CCn1c([C@@H](C)NS(=O)(=O)c2ccc(Cl)cc2)nc2cc(C3CC3)ccc21. The molecule has 5 nitrogen and oxygen atoms in total. The van der Waals surface area contributed by atoms with E-state index in [0.29, 0.717) is 10.9 Å². The Morgan fingerprint density at radius 1 is 1.22 bits per heavy atom. The highest BCUT2D eigenvalue weighted by molar-refractivity contribution is 7.89. The Balaban J connectivity index is 1.67. The van der Waals surface area contributed by atoms with Gasteiger partial charge in [0.15, 0.2) is 0 Å². The first-order valence-electron chi connectivity index (χ1n) is 9.17. The molecule has 1 saturated carbocycles. The minimum absolute atomic E-state index is 0.189. The van der Waals surface area contributed by atoms with Gasteiger partial charge in [0.1, 0.15) is 5.82 Å². The van der Waals surface area contributed by atoms with E-state index in [1.807, 2.05) is 13.8 Å². The van der Waals surface area contributed by atoms with Crippen LogP contribution in [0.1, 0.15) is 50.0 Å². The zero-order valence-corrected chi connectivity index (χ0v) is 16.9. The normalized spacial score (nSPS) is 16.0. The number of nitrogens with one attached hydrogen (secondary N) is 1. The van der Waals surface area contributed by atoms with E-state index in [9.17, 15) is 8.42 Å². The van der Waals surface area contributed by atoms with E-state index in [4.69, 9.17) is 16.6 Å². The number of imidazole rings is 1. The lowest BCUT2D eigenvalue weighted by Gasteiger charge is -2.15. The maximum absolute atomic E-state index is 12.7. The molecular formula is C20H22ClN3O2S. The van der Waals surface area contributed by atoms with Crippen LogP contribution in [0.5, 0.6) is 0 Å². The predicted molar refractivity (Wildman–Crippen MR) is 108 cm³/mol. The molecule has 142 valence electrons. The second-order valence-corrected chi connectivity index (χ2v) is 9.18. The molecule has 27 heavy (non-hydrogen) atoms. The van der Waals surface area contributed by atoms with Crippen molar-refractivity contribution < 1.29 is 8.42 Å². The number of aromatic nitrogens is 2. The van der Waals surface area contributed by atoms with Gasteiger partial charge in [0.25, 0.3) is 0 Å². The van der Waals surface area contributed by atoms with Crippen molar-refractivity contribution in [2.24, 2.45) is 0 Å². The second-order valence-electron chi connectivity index (χ2n) is 7.03. The molecule has 1 N–H and O–H groups in total. The summed E-state index contributed by atoms with van der Waals surface area (Å²) in [5.41, 5.74) is 3.28. The lowest BCUT2D eigenvalue weighted by atomic mass is 10.1. The van der Waals surface area contributed by atoms with Crippen molar-refractivity contribution in [1.82, 2.24) is 14.3 Å². The highest BCUT2D eigenvalue weighted by atomic mass is 35.5. The fourth-order valence-corrected chi connectivity index (χ4v) is 4.79. The third kappa shape index (κ3) is 3.61. The van der Waals surface area contributed by atoms with E-state index in [1.54, 1.807) is 12.1 Å². The van der Waals surface area contributed by atoms with Gasteiger partial charge in [0.2, 0.25) is 10.0 Å². The summed E-state index contributed by atoms with van der Waals surface area (Å²) in [5, 5.41) is 0.501. The number of hydrogen-bond acceptors (Lipinski definition) is 3. The molecule has 1 aromatic heterocycles. The van der Waals surface area contributed by atoms with Gasteiger partial charge in [-0.2, -0.15) is 0 Å². The van der Waals surface area contributed by atoms with Gasteiger partial charge >= 0.3 is 0 Å². The smallest absolute Gasteiger partial charge is 0.241 e. The molecule has 0 radical (unpaired) electrons. The second kappa shape index (κ2) is 6.93. The summed E-state index contributed by atoms with van der Waals surface area (Å²) in [6.07, 6.45) is 2.48. The van der Waals surface area contributed by atoms with Crippen LogP contribution >= 0.6 is 11.6 Å². The quantitative estimate of drug-likeness (QED) is 0.652. The molecule has 3 aromatic rings. The minimum atomic E-state index is -3.66. The summed E-state index contributed by atoms with van der Waals surface area (Å²) in [5.74, 6) is 1.38. The Morgan fingerprint density at radius 2 is 1.93 bits per heavy atom. The zero-order valence-electron chi connectivity index (χ0n) is 15.3. The van der Waals surface area contributed by atoms with Crippen LogP contribution in [-0.2, 0) is 16.6 Å². The van der Waals surface area contributed by atoms with Gasteiger partial charge in [0, 0.05) is 11.6 Å². The first-order valence-corrected chi connectivity index (χ1v) is 11.0. The summed E-state index contributed by atoms with van der Waals surface area (Å²) in [6, 6.07) is 12.1. The molecule has 1 aliphatic rings. The topological polar surface area (TPSA) is 64.0 Å². The lowest BCUT2D eigenvalue weighted by Crippen LogP contribution is -2.28. The fourth-order valence-electron chi connectivity index (χ4n) is 3.47. The summed E-state index contributed by atoms with van der Waals surface area (Å²) < 4.78 is 30.2. The largest absolute Gasteiger partial charge is 0.327 e. The van der Waals surface area contributed by atoms with E-state index in [-0.39, 0.29) is 4.90 Å². The molecule has 0 unspecified atom stereocenters. The molecular weight excluding hydrogens is 382 g/mol. The van der Waals surface area contributed by atoms with Crippen molar-refractivity contribution in [3.05, 3.63) is 58.9 Å².